The minimum Gasteiger partial charge on any atom is -0.494 e. The van der Waals surface area contributed by atoms with Gasteiger partial charge in [-0.3, -0.25) is 9.59 Å². The van der Waals surface area contributed by atoms with Crippen molar-refractivity contribution < 1.29 is 14.3 Å². The van der Waals surface area contributed by atoms with Crippen LogP contribution in [-0.4, -0.2) is 24.5 Å². The molecule has 144 valence electrons. The third-order valence-corrected chi connectivity index (χ3v) is 4.44. The van der Waals surface area contributed by atoms with Gasteiger partial charge in [-0.25, -0.2) is 0 Å². The average molecular weight is 389 g/mol. The number of amides is 2. The topological polar surface area (TPSA) is 67.4 Å². The fourth-order valence-corrected chi connectivity index (χ4v) is 2.77. The van der Waals surface area contributed by atoms with Crippen LogP contribution >= 0.6 is 11.6 Å². The van der Waals surface area contributed by atoms with Crippen molar-refractivity contribution >= 4 is 23.4 Å². The lowest BCUT2D eigenvalue weighted by atomic mass is 10.0. The molecule has 2 amide bonds. The van der Waals surface area contributed by atoms with E-state index in [1.807, 2.05) is 39.0 Å². The molecule has 2 aromatic carbocycles. The van der Waals surface area contributed by atoms with Gasteiger partial charge >= 0.3 is 0 Å². The van der Waals surface area contributed by atoms with E-state index in [0.29, 0.717) is 29.5 Å². The maximum Gasteiger partial charge on any atom is 0.251 e. The zero-order chi connectivity index (χ0) is 19.8. The molecule has 2 N–H and O–H groups in total. The highest BCUT2D eigenvalue weighted by Crippen LogP contribution is 2.15. The van der Waals surface area contributed by atoms with E-state index in [0.717, 1.165) is 5.56 Å². The van der Waals surface area contributed by atoms with Crippen LogP contribution < -0.4 is 15.4 Å². The Hall–Kier alpha value is -2.53. The standard InChI is InChI=1S/C21H25ClN2O3/c1-4-27-17-11-9-15(10-12-17)20(25)24-19(14(2)3)21(26)23-13-16-7-5-6-8-18(16)22/h5-12,14,19H,4,13H2,1-3H3,(H,23,26)(H,24,25)/t19-/m0/s1. The van der Waals surface area contributed by atoms with Crippen LogP contribution in [0.4, 0.5) is 0 Å². The summed E-state index contributed by atoms with van der Waals surface area (Å²) in [5.41, 5.74) is 1.30. The Balaban J connectivity index is 2.00. The highest BCUT2D eigenvalue weighted by molar-refractivity contribution is 6.31. The summed E-state index contributed by atoms with van der Waals surface area (Å²) in [6.45, 7) is 6.54. The highest BCUT2D eigenvalue weighted by atomic mass is 35.5. The van der Waals surface area contributed by atoms with Gasteiger partial charge in [0.1, 0.15) is 11.8 Å². The second-order valence-corrected chi connectivity index (χ2v) is 6.87. The summed E-state index contributed by atoms with van der Waals surface area (Å²) in [6.07, 6.45) is 0. The van der Waals surface area contributed by atoms with E-state index in [4.69, 9.17) is 16.3 Å². The first kappa shape index (κ1) is 20.8. The maximum atomic E-state index is 12.6. The van der Waals surface area contributed by atoms with Crippen molar-refractivity contribution in [3.63, 3.8) is 0 Å². The molecule has 0 aliphatic rings. The molecule has 2 aromatic rings. The summed E-state index contributed by atoms with van der Waals surface area (Å²) >= 11 is 6.12. The fourth-order valence-electron chi connectivity index (χ4n) is 2.56. The van der Waals surface area contributed by atoms with Crippen molar-refractivity contribution in [3.8, 4) is 5.75 Å². The molecule has 5 nitrogen and oxygen atoms in total. The average Bonchev–Trinajstić information content (AvgIpc) is 2.65. The molecule has 0 heterocycles. The number of halogens is 1. The number of benzene rings is 2. The molecule has 0 radical (unpaired) electrons. The number of ether oxygens (including phenoxy) is 1. The maximum absolute atomic E-state index is 12.6. The zero-order valence-electron chi connectivity index (χ0n) is 15.8. The van der Waals surface area contributed by atoms with E-state index in [1.54, 1.807) is 30.3 Å². The van der Waals surface area contributed by atoms with Gasteiger partial charge in [-0.15, -0.1) is 0 Å². The quantitative estimate of drug-likeness (QED) is 0.722. The Bertz CT molecular complexity index is 775. The van der Waals surface area contributed by atoms with Gasteiger partial charge in [0, 0.05) is 17.1 Å². The molecule has 1 atom stereocenters. The molecular formula is C21H25ClN2O3. The van der Waals surface area contributed by atoms with E-state index in [-0.39, 0.29) is 17.7 Å². The molecule has 2 rings (SSSR count). The van der Waals surface area contributed by atoms with Crippen LogP contribution in [0.1, 0.15) is 36.7 Å². The number of carbonyl (C=O) groups excluding carboxylic acids is 2. The Kier molecular flexibility index (Phi) is 7.67. The van der Waals surface area contributed by atoms with Crippen molar-refractivity contribution in [2.75, 3.05) is 6.61 Å². The second kappa shape index (κ2) is 9.97. The summed E-state index contributed by atoms with van der Waals surface area (Å²) in [7, 11) is 0. The summed E-state index contributed by atoms with van der Waals surface area (Å²) in [5, 5.41) is 6.25. The van der Waals surface area contributed by atoms with Gasteiger partial charge in [0.25, 0.3) is 5.91 Å². The monoisotopic (exact) mass is 388 g/mol. The Morgan fingerprint density at radius 1 is 1.07 bits per heavy atom. The Morgan fingerprint density at radius 3 is 2.33 bits per heavy atom. The molecular weight excluding hydrogens is 364 g/mol. The van der Waals surface area contributed by atoms with Crippen LogP contribution in [0.15, 0.2) is 48.5 Å². The van der Waals surface area contributed by atoms with E-state index in [1.165, 1.54) is 0 Å². The molecule has 0 aliphatic carbocycles. The first-order valence-electron chi connectivity index (χ1n) is 8.97. The smallest absolute Gasteiger partial charge is 0.251 e. The van der Waals surface area contributed by atoms with E-state index in [2.05, 4.69) is 10.6 Å². The normalized spacial score (nSPS) is 11.7. The van der Waals surface area contributed by atoms with Gasteiger partial charge in [0.2, 0.25) is 5.91 Å². The van der Waals surface area contributed by atoms with Gasteiger partial charge < -0.3 is 15.4 Å². The van der Waals surface area contributed by atoms with Crippen LogP contribution in [0.3, 0.4) is 0 Å². The third-order valence-electron chi connectivity index (χ3n) is 4.07. The Morgan fingerprint density at radius 2 is 1.74 bits per heavy atom. The fraction of sp³-hybridized carbons (Fsp3) is 0.333. The van der Waals surface area contributed by atoms with Crippen molar-refractivity contribution in [1.29, 1.82) is 0 Å². The largest absolute Gasteiger partial charge is 0.494 e. The number of carbonyl (C=O) groups is 2. The van der Waals surface area contributed by atoms with Crippen molar-refractivity contribution in [2.24, 2.45) is 5.92 Å². The van der Waals surface area contributed by atoms with E-state index >= 15 is 0 Å². The minimum absolute atomic E-state index is 0.0668. The number of hydrogen-bond donors (Lipinski definition) is 2. The van der Waals surface area contributed by atoms with E-state index < -0.39 is 6.04 Å². The third kappa shape index (κ3) is 6.00. The molecule has 0 saturated carbocycles. The first-order valence-corrected chi connectivity index (χ1v) is 9.35. The lowest BCUT2D eigenvalue weighted by Crippen LogP contribution is -2.49. The SMILES string of the molecule is CCOc1ccc(C(=O)N[C@H](C(=O)NCc2ccccc2Cl)C(C)C)cc1. The van der Waals surface area contributed by atoms with Gasteiger partial charge in [-0.2, -0.15) is 0 Å². The predicted molar refractivity (Wildman–Crippen MR) is 107 cm³/mol. The van der Waals surface area contributed by atoms with Crippen LogP contribution in [0.2, 0.25) is 5.02 Å². The molecule has 0 unspecified atom stereocenters. The van der Waals surface area contributed by atoms with Crippen LogP contribution in [0.25, 0.3) is 0 Å². The molecule has 27 heavy (non-hydrogen) atoms. The van der Waals surface area contributed by atoms with Crippen LogP contribution in [0.5, 0.6) is 5.75 Å². The van der Waals surface area contributed by atoms with Crippen LogP contribution in [-0.2, 0) is 11.3 Å². The second-order valence-electron chi connectivity index (χ2n) is 6.46. The Labute approximate surface area is 165 Å². The number of hydrogen-bond acceptors (Lipinski definition) is 3. The van der Waals surface area contributed by atoms with Crippen molar-refractivity contribution in [1.82, 2.24) is 10.6 Å². The van der Waals surface area contributed by atoms with Crippen LogP contribution in [0, 0.1) is 5.92 Å². The minimum atomic E-state index is -0.647. The molecule has 0 spiro atoms. The van der Waals surface area contributed by atoms with Gasteiger partial charge in [0.05, 0.1) is 6.61 Å². The highest BCUT2D eigenvalue weighted by Gasteiger charge is 2.24. The van der Waals surface area contributed by atoms with E-state index in [9.17, 15) is 9.59 Å². The van der Waals surface area contributed by atoms with Gasteiger partial charge in [-0.05, 0) is 48.7 Å². The summed E-state index contributed by atoms with van der Waals surface area (Å²) in [5.74, 6) is 0.0867. The lowest BCUT2D eigenvalue weighted by Gasteiger charge is -2.22. The van der Waals surface area contributed by atoms with Gasteiger partial charge in [0.15, 0.2) is 0 Å². The summed E-state index contributed by atoms with van der Waals surface area (Å²) < 4.78 is 5.38. The zero-order valence-corrected chi connectivity index (χ0v) is 16.5. The molecule has 0 saturated heterocycles. The first-order chi connectivity index (χ1) is 12.9. The van der Waals surface area contributed by atoms with Crippen molar-refractivity contribution in [2.45, 2.75) is 33.4 Å². The lowest BCUT2D eigenvalue weighted by molar-refractivity contribution is -0.124. The molecule has 0 bridgehead atoms. The predicted octanol–water partition coefficient (Wildman–Crippen LogP) is 3.81. The molecule has 0 aromatic heterocycles. The molecule has 0 fully saturated rings. The number of rotatable bonds is 8. The molecule has 0 aliphatic heterocycles. The summed E-state index contributed by atoms with van der Waals surface area (Å²) in [4.78, 5) is 25.1. The van der Waals surface area contributed by atoms with Gasteiger partial charge in [-0.1, -0.05) is 43.6 Å². The number of nitrogens with one attached hydrogen (secondary N) is 2. The molecule has 6 heteroatoms. The van der Waals surface area contributed by atoms with Crippen molar-refractivity contribution in [3.05, 3.63) is 64.7 Å². The summed E-state index contributed by atoms with van der Waals surface area (Å²) in [6, 6.07) is 13.5.